The van der Waals surface area contributed by atoms with Gasteiger partial charge in [0.15, 0.2) is 0 Å². The summed E-state index contributed by atoms with van der Waals surface area (Å²) < 4.78 is 0. The molecule has 7 heteroatoms. The van der Waals surface area contributed by atoms with Crippen LogP contribution < -0.4 is 31.9 Å². The maximum atomic E-state index is 3.69. The zero-order valence-corrected chi connectivity index (χ0v) is 10.6. The summed E-state index contributed by atoms with van der Waals surface area (Å²) in [6, 6.07) is 0. The molecule has 0 aromatic rings. The molecule has 0 aromatic heterocycles. The molecule has 18 heavy (non-hydrogen) atoms. The van der Waals surface area contributed by atoms with Gasteiger partial charge in [-0.1, -0.05) is 0 Å². The zero-order chi connectivity index (χ0) is 11.9. The van der Waals surface area contributed by atoms with Crippen LogP contribution in [0.2, 0.25) is 0 Å². The minimum absolute atomic E-state index is 0.309. The molecule has 4 heterocycles. The fourth-order valence-corrected chi connectivity index (χ4v) is 3.67. The highest BCUT2D eigenvalue weighted by atomic mass is 15.5. The molecule has 0 radical (unpaired) electrons. The molecule has 0 aromatic carbocycles. The van der Waals surface area contributed by atoms with Crippen LogP contribution >= 0.6 is 0 Å². The summed E-state index contributed by atoms with van der Waals surface area (Å²) in [4.78, 5) is 2.55. The highest BCUT2D eigenvalue weighted by molar-refractivity contribution is 4.96. The van der Waals surface area contributed by atoms with Gasteiger partial charge in [-0.05, 0) is 0 Å². The lowest BCUT2D eigenvalue weighted by Crippen LogP contribution is -2.79. The summed E-state index contributed by atoms with van der Waals surface area (Å²) in [7, 11) is 0. The first-order valence-corrected chi connectivity index (χ1v) is 7.04. The molecule has 0 spiro atoms. The Balaban J connectivity index is 1.46. The summed E-state index contributed by atoms with van der Waals surface area (Å²) in [6.07, 6.45) is 1.19. The van der Waals surface area contributed by atoms with Crippen LogP contribution in [0.25, 0.3) is 0 Å². The van der Waals surface area contributed by atoms with Gasteiger partial charge in [-0.25, -0.2) is 0 Å². The third-order valence-electron chi connectivity index (χ3n) is 4.63. The number of rotatable bonds is 0. The molecule has 4 rings (SSSR count). The lowest BCUT2D eigenvalue weighted by atomic mass is 9.95. The molecule has 0 saturated carbocycles. The Bertz CT molecular complexity index is 254. The normalized spacial score (nSPS) is 49.0. The van der Waals surface area contributed by atoms with E-state index in [-0.39, 0.29) is 0 Å². The van der Waals surface area contributed by atoms with E-state index in [1.165, 1.54) is 13.1 Å². The van der Waals surface area contributed by atoms with Crippen molar-refractivity contribution in [2.75, 3.05) is 39.5 Å². The summed E-state index contributed by atoms with van der Waals surface area (Å²) in [5.41, 5.74) is 0. The number of hydrogen-bond acceptors (Lipinski definition) is 7. The number of nitrogens with zero attached hydrogens (tertiary/aromatic N) is 1. The largest absolute Gasteiger partial charge is 0.304 e. The molecule has 6 N–H and O–H groups in total. The van der Waals surface area contributed by atoms with Crippen LogP contribution in [-0.2, 0) is 0 Å². The third-order valence-corrected chi connectivity index (χ3v) is 4.63. The average molecular weight is 253 g/mol. The number of hydrogen-bond donors (Lipinski definition) is 6. The van der Waals surface area contributed by atoms with E-state index in [0.29, 0.717) is 30.5 Å². The summed E-state index contributed by atoms with van der Waals surface area (Å²) in [5.74, 6) is 1.33. The van der Waals surface area contributed by atoms with Crippen LogP contribution in [0, 0.1) is 11.8 Å². The Morgan fingerprint density at radius 2 is 1.33 bits per heavy atom. The molecule has 4 unspecified atom stereocenters. The lowest BCUT2D eigenvalue weighted by molar-refractivity contribution is -0.0439. The van der Waals surface area contributed by atoms with E-state index in [0.717, 1.165) is 26.4 Å². The third kappa shape index (κ3) is 1.96. The molecule has 0 amide bonds. The predicted molar refractivity (Wildman–Crippen MR) is 68.2 cm³/mol. The van der Waals surface area contributed by atoms with Crippen molar-refractivity contribution in [3.63, 3.8) is 0 Å². The predicted octanol–water partition coefficient (Wildman–Crippen LogP) is -3.04. The van der Waals surface area contributed by atoms with E-state index < -0.39 is 0 Å². The van der Waals surface area contributed by atoms with Crippen LogP contribution in [0.3, 0.4) is 0 Å². The molecule has 4 fully saturated rings. The maximum absolute atomic E-state index is 3.69. The molecular weight excluding hydrogens is 230 g/mol. The number of nitrogens with one attached hydrogen (secondary N) is 6. The number of fused-ring (bicyclic) bond motifs is 3. The topological polar surface area (TPSA) is 75.4 Å². The second-order valence-electron chi connectivity index (χ2n) is 5.84. The molecule has 7 nitrogen and oxygen atoms in total. The Morgan fingerprint density at radius 3 is 1.89 bits per heavy atom. The van der Waals surface area contributed by atoms with Crippen molar-refractivity contribution in [1.82, 2.24) is 36.8 Å². The summed E-state index contributed by atoms with van der Waals surface area (Å²) >= 11 is 0. The van der Waals surface area contributed by atoms with Crippen molar-refractivity contribution < 1.29 is 0 Å². The highest BCUT2D eigenvalue weighted by Crippen LogP contribution is 2.21. The quantitative estimate of drug-likeness (QED) is 0.274. The average Bonchev–Trinajstić information content (AvgIpc) is 2.42. The van der Waals surface area contributed by atoms with Gasteiger partial charge in [-0.2, -0.15) is 0 Å². The summed E-state index contributed by atoms with van der Waals surface area (Å²) in [5, 5.41) is 21.2. The van der Waals surface area contributed by atoms with Crippen molar-refractivity contribution in [3.05, 3.63) is 0 Å². The van der Waals surface area contributed by atoms with Gasteiger partial charge in [0.2, 0.25) is 0 Å². The first-order valence-electron chi connectivity index (χ1n) is 7.04. The first-order chi connectivity index (χ1) is 8.90. The minimum Gasteiger partial charge on any atom is -0.304 e. The van der Waals surface area contributed by atoms with E-state index in [1.54, 1.807) is 0 Å². The van der Waals surface area contributed by atoms with E-state index in [9.17, 15) is 0 Å². The Morgan fingerprint density at radius 1 is 0.778 bits per heavy atom. The smallest absolute Gasteiger partial charge is 0.116 e. The molecule has 0 aliphatic carbocycles. The van der Waals surface area contributed by atoms with Gasteiger partial charge in [0.25, 0.3) is 0 Å². The van der Waals surface area contributed by atoms with Gasteiger partial charge in [0.1, 0.15) is 6.29 Å². The molecule has 4 aliphatic rings. The van der Waals surface area contributed by atoms with Crippen LogP contribution in [0.15, 0.2) is 0 Å². The van der Waals surface area contributed by atoms with Gasteiger partial charge < -0.3 is 10.6 Å². The van der Waals surface area contributed by atoms with Gasteiger partial charge in [-0.3, -0.25) is 26.2 Å². The second kappa shape index (κ2) is 4.68. The van der Waals surface area contributed by atoms with E-state index in [4.69, 9.17) is 0 Å². The van der Waals surface area contributed by atoms with Gasteiger partial charge in [-0.15, -0.1) is 0 Å². The molecule has 0 bridgehead atoms. The standard InChI is InChI=1S/C11H23N7/c1-7-3-18-4-8-2-13-6-15-10(8)17-11(18)16-9(7)14-5-12-1/h7-17H,1-6H2. The van der Waals surface area contributed by atoms with E-state index in [1.807, 2.05) is 0 Å². The van der Waals surface area contributed by atoms with Crippen LogP contribution in [0.4, 0.5) is 0 Å². The zero-order valence-electron chi connectivity index (χ0n) is 10.6. The monoisotopic (exact) mass is 253 g/mol. The highest BCUT2D eigenvalue weighted by Gasteiger charge is 2.42. The van der Waals surface area contributed by atoms with Crippen molar-refractivity contribution in [2.45, 2.75) is 18.6 Å². The molecular formula is C11H23N7. The molecule has 4 saturated heterocycles. The van der Waals surface area contributed by atoms with Crippen molar-refractivity contribution in [3.8, 4) is 0 Å². The van der Waals surface area contributed by atoms with Crippen molar-refractivity contribution in [2.24, 2.45) is 11.8 Å². The molecule has 4 aliphatic heterocycles. The van der Waals surface area contributed by atoms with Gasteiger partial charge in [0, 0.05) is 51.4 Å². The van der Waals surface area contributed by atoms with Crippen molar-refractivity contribution >= 4 is 0 Å². The van der Waals surface area contributed by atoms with Gasteiger partial charge >= 0.3 is 0 Å². The minimum atomic E-state index is 0.309. The Labute approximate surface area is 107 Å². The molecule has 4 atom stereocenters. The first kappa shape index (κ1) is 11.5. The van der Waals surface area contributed by atoms with Gasteiger partial charge in [0.05, 0.1) is 12.3 Å². The second-order valence-corrected chi connectivity index (χ2v) is 5.84. The fraction of sp³-hybridized carbons (Fsp3) is 1.00. The maximum Gasteiger partial charge on any atom is 0.116 e. The fourth-order valence-electron chi connectivity index (χ4n) is 3.67. The van der Waals surface area contributed by atoms with E-state index in [2.05, 4.69) is 36.8 Å². The van der Waals surface area contributed by atoms with Crippen LogP contribution in [0.5, 0.6) is 0 Å². The Kier molecular flexibility index (Phi) is 3.00. The molecule has 102 valence electrons. The van der Waals surface area contributed by atoms with Crippen LogP contribution in [0.1, 0.15) is 0 Å². The van der Waals surface area contributed by atoms with Crippen LogP contribution in [-0.4, -0.2) is 63.0 Å². The lowest BCUT2D eigenvalue weighted by Gasteiger charge is -2.54. The summed E-state index contributed by atoms with van der Waals surface area (Å²) in [6.45, 7) is 6.37. The van der Waals surface area contributed by atoms with E-state index >= 15 is 0 Å². The Hall–Kier alpha value is -0.280. The van der Waals surface area contributed by atoms with Crippen molar-refractivity contribution in [1.29, 1.82) is 0 Å². The SMILES string of the molecule is C1NCC2CN3CC4CNCNC4NC3NC2N1.